The van der Waals surface area contributed by atoms with Crippen molar-refractivity contribution in [1.29, 1.82) is 5.26 Å². The van der Waals surface area contributed by atoms with Crippen molar-refractivity contribution in [3.05, 3.63) is 23.8 Å². The van der Waals surface area contributed by atoms with E-state index in [0.717, 1.165) is 37.4 Å². The molecule has 2 saturated carbocycles. The Morgan fingerprint density at radius 3 is 2.00 bits per heavy atom. The van der Waals surface area contributed by atoms with Gasteiger partial charge in [-0.15, -0.1) is 0 Å². The van der Waals surface area contributed by atoms with E-state index in [9.17, 15) is 0 Å². The Bertz CT molecular complexity index is 602. The molecule has 1 heterocycles. The van der Waals surface area contributed by atoms with Crippen molar-refractivity contribution in [1.82, 2.24) is 9.97 Å². The number of aromatic nitrogens is 2. The zero-order valence-electron chi connectivity index (χ0n) is 18.6. The Balaban J connectivity index is 1.34. The summed E-state index contributed by atoms with van der Waals surface area (Å²) in [6.07, 6.45) is 25.2. The molecule has 0 bridgehead atoms. The Hall–Kier alpha value is -1.43. The molecule has 29 heavy (non-hydrogen) atoms. The minimum Gasteiger partial charge on any atom is -0.241 e. The zero-order chi connectivity index (χ0) is 20.3. The van der Waals surface area contributed by atoms with E-state index in [1.807, 2.05) is 0 Å². The smallest absolute Gasteiger partial charge is 0.131 e. The number of nitriles is 1. The van der Waals surface area contributed by atoms with Gasteiger partial charge in [-0.1, -0.05) is 58.3 Å². The lowest BCUT2D eigenvalue weighted by Crippen LogP contribution is -2.16. The molecule has 2 fully saturated rings. The number of nitrogens with zero attached hydrogens (tertiary/aromatic N) is 3. The van der Waals surface area contributed by atoms with Gasteiger partial charge in [0.15, 0.2) is 0 Å². The Morgan fingerprint density at radius 1 is 0.793 bits per heavy atom. The maximum absolute atomic E-state index is 9.07. The van der Waals surface area contributed by atoms with E-state index in [-0.39, 0.29) is 5.92 Å². The van der Waals surface area contributed by atoms with Crippen LogP contribution in [0.25, 0.3) is 0 Å². The normalized spacial score (nSPS) is 27.4. The molecular formula is C26H41N3. The van der Waals surface area contributed by atoms with Crippen LogP contribution >= 0.6 is 0 Å². The molecule has 0 unspecified atom stereocenters. The van der Waals surface area contributed by atoms with Crippen LogP contribution in [0.4, 0.5) is 0 Å². The molecule has 3 rings (SSSR count). The molecule has 0 saturated heterocycles. The van der Waals surface area contributed by atoms with Crippen LogP contribution in [0, 0.1) is 23.2 Å². The third-order valence-electron chi connectivity index (χ3n) is 7.50. The van der Waals surface area contributed by atoms with Crippen LogP contribution in [0.3, 0.4) is 0 Å². The number of rotatable bonds is 10. The molecule has 3 nitrogen and oxygen atoms in total. The minimum atomic E-state index is 0.252. The lowest BCUT2D eigenvalue weighted by atomic mass is 9.77. The van der Waals surface area contributed by atoms with Gasteiger partial charge in [0.2, 0.25) is 0 Å². The third kappa shape index (κ3) is 7.09. The summed E-state index contributed by atoms with van der Waals surface area (Å²) in [5.74, 6) is 3.35. The first kappa shape index (κ1) is 22.3. The van der Waals surface area contributed by atoms with Gasteiger partial charge in [-0.05, 0) is 68.8 Å². The van der Waals surface area contributed by atoms with Gasteiger partial charge in [0.05, 0.1) is 6.07 Å². The summed E-state index contributed by atoms with van der Waals surface area (Å²) in [7, 11) is 0. The fraction of sp³-hybridized carbons (Fsp3) is 0.808. The molecule has 1 aromatic heterocycles. The predicted molar refractivity (Wildman–Crippen MR) is 120 cm³/mol. The molecule has 0 atom stereocenters. The summed E-state index contributed by atoms with van der Waals surface area (Å²) in [6.45, 7) is 2.29. The Kier molecular flexibility index (Phi) is 9.45. The summed E-state index contributed by atoms with van der Waals surface area (Å²) in [5, 5.41) is 9.07. The van der Waals surface area contributed by atoms with Crippen molar-refractivity contribution in [2.24, 2.45) is 11.8 Å². The van der Waals surface area contributed by atoms with Crippen molar-refractivity contribution >= 4 is 0 Å². The highest BCUT2D eigenvalue weighted by Crippen LogP contribution is 2.38. The van der Waals surface area contributed by atoms with Gasteiger partial charge < -0.3 is 0 Å². The largest absolute Gasteiger partial charge is 0.241 e. The van der Waals surface area contributed by atoms with Crippen LogP contribution in [0.2, 0.25) is 0 Å². The molecule has 160 valence electrons. The maximum Gasteiger partial charge on any atom is 0.131 e. The maximum atomic E-state index is 9.07. The number of hydrogen-bond acceptors (Lipinski definition) is 3. The van der Waals surface area contributed by atoms with Gasteiger partial charge in [0.1, 0.15) is 5.82 Å². The fourth-order valence-corrected chi connectivity index (χ4v) is 5.42. The molecular weight excluding hydrogens is 354 g/mol. The van der Waals surface area contributed by atoms with Crippen LogP contribution in [0.15, 0.2) is 12.4 Å². The van der Waals surface area contributed by atoms with E-state index in [4.69, 9.17) is 15.2 Å². The Morgan fingerprint density at radius 2 is 1.38 bits per heavy atom. The highest BCUT2D eigenvalue weighted by Gasteiger charge is 2.25. The SMILES string of the molecule is CCCCCCCCC[C@H]1CC[C@H](c2cnc([C@H]3CC[C@H](C#N)CC3)nc2)CC1. The molecule has 0 N–H and O–H groups in total. The first-order chi connectivity index (χ1) is 14.3. The first-order valence-electron chi connectivity index (χ1n) is 12.5. The number of unbranched alkanes of at least 4 members (excludes halogenated alkanes) is 6. The third-order valence-corrected chi connectivity index (χ3v) is 7.50. The average molecular weight is 396 g/mol. The van der Waals surface area contributed by atoms with Gasteiger partial charge >= 0.3 is 0 Å². The summed E-state index contributed by atoms with van der Waals surface area (Å²) >= 11 is 0. The topological polar surface area (TPSA) is 49.6 Å². The van der Waals surface area contributed by atoms with E-state index in [1.54, 1.807) is 0 Å². The van der Waals surface area contributed by atoms with Crippen molar-refractivity contribution < 1.29 is 0 Å². The molecule has 2 aliphatic rings. The summed E-state index contributed by atoms with van der Waals surface area (Å²) < 4.78 is 0. The lowest BCUT2D eigenvalue weighted by molar-refractivity contribution is 0.301. The number of hydrogen-bond donors (Lipinski definition) is 0. The summed E-state index contributed by atoms with van der Waals surface area (Å²) in [5.41, 5.74) is 1.36. The molecule has 1 aromatic rings. The lowest BCUT2D eigenvalue weighted by Gasteiger charge is -2.29. The van der Waals surface area contributed by atoms with E-state index >= 15 is 0 Å². The van der Waals surface area contributed by atoms with Gasteiger partial charge in [-0.25, -0.2) is 9.97 Å². The van der Waals surface area contributed by atoms with Crippen molar-refractivity contribution in [3.63, 3.8) is 0 Å². The van der Waals surface area contributed by atoms with Crippen LogP contribution in [0.1, 0.15) is 133 Å². The van der Waals surface area contributed by atoms with Crippen molar-refractivity contribution in [2.75, 3.05) is 0 Å². The van der Waals surface area contributed by atoms with Crippen LogP contribution < -0.4 is 0 Å². The van der Waals surface area contributed by atoms with E-state index in [2.05, 4.69) is 25.4 Å². The molecule has 0 spiro atoms. The second-order valence-corrected chi connectivity index (χ2v) is 9.68. The van der Waals surface area contributed by atoms with Crippen LogP contribution in [0.5, 0.6) is 0 Å². The fourth-order valence-electron chi connectivity index (χ4n) is 5.42. The van der Waals surface area contributed by atoms with Gasteiger partial charge in [-0.3, -0.25) is 0 Å². The van der Waals surface area contributed by atoms with E-state index < -0.39 is 0 Å². The summed E-state index contributed by atoms with van der Waals surface area (Å²) in [4.78, 5) is 9.49. The molecule has 0 amide bonds. The van der Waals surface area contributed by atoms with Crippen LogP contribution in [-0.2, 0) is 0 Å². The predicted octanol–water partition coefficient (Wildman–Crippen LogP) is 7.69. The monoisotopic (exact) mass is 395 g/mol. The zero-order valence-corrected chi connectivity index (χ0v) is 18.6. The molecule has 0 aliphatic heterocycles. The molecule has 2 aliphatic carbocycles. The van der Waals surface area contributed by atoms with Crippen molar-refractivity contribution in [3.8, 4) is 6.07 Å². The standard InChI is InChI=1S/C26H41N3/c1-2-3-4-5-6-7-8-9-21-10-14-23(15-11-21)25-19-28-26(29-20-25)24-16-12-22(18-27)13-17-24/h19-24H,2-17H2,1H3/t21-,22-,23-,24-. The summed E-state index contributed by atoms with van der Waals surface area (Å²) in [6, 6.07) is 2.42. The quantitative estimate of drug-likeness (QED) is 0.381. The second kappa shape index (κ2) is 12.3. The molecule has 3 heteroatoms. The van der Waals surface area contributed by atoms with Gasteiger partial charge in [0.25, 0.3) is 0 Å². The minimum absolute atomic E-state index is 0.252. The van der Waals surface area contributed by atoms with Crippen molar-refractivity contribution in [2.45, 2.75) is 121 Å². The van der Waals surface area contributed by atoms with E-state index in [1.165, 1.54) is 82.6 Å². The van der Waals surface area contributed by atoms with Crippen LogP contribution in [-0.4, -0.2) is 9.97 Å². The second-order valence-electron chi connectivity index (χ2n) is 9.68. The molecule has 0 radical (unpaired) electrons. The molecule has 0 aromatic carbocycles. The van der Waals surface area contributed by atoms with E-state index in [0.29, 0.717) is 11.8 Å². The highest BCUT2D eigenvalue weighted by molar-refractivity contribution is 5.14. The Labute approximate surface area is 178 Å². The van der Waals surface area contributed by atoms with Gasteiger partial charge in [0, 0.05) is 24.2 Å². The average Bonchev–Trinajstić information content (AvgIpc) is 2.79. The highest BCUT2D eigenvalue weighted by atomic mass is 14.9. The first-order valence-corrected chi connectivity index (χ1v) is 12.5. The van der Waals surface area contributed by atoms with Gasteiger partial charge in [-0.2, -0.15) is 5.26 Å².